The molecule has 0 atom stereocenters. The van der Waals surface area contributed by atoms with Crippen molar-refractivity contribution in [2.75, 3.05) is 4.90 Å². The van der Waals surface area contributed by atoms with Crippen LogP contribution in [-0.2, 0) is 4.79 Å². The number of carbonyl (C=O) groups is 1. The number of aryl methyl sites for hydroxylation is 1. The summed E-state index contributed by atoms with van der Waals surface area (Å²) in [6, 6.07) is 0.323. The van der Waals surface area contributed by atoms with E-state index in [4.69, 9.17) is 4.52 Å². The van der Waals surface area contributed by atoms with Crippen LogP contribution in [-0.4, -0.2) is 17.1 Å². The highest BCUT2D eigenvalue weighted by molar-refractivity contribution is 5.92. The van der Waals surface area contributed by atoms with Gasteiger partial charge >= 0.3 is 0 Å². The smallest absolute Gasteiger partial charge is 0.224 e. The van der Waals surface area contributed by atoms with Gasteiger partial charge in [-0.2, -0.15) is 0 Å². The van der Waals surface area contributed by atoms with Crippen molar-refractivity contribution < 1.29 is 9.32 Å². The van der Waals surface area contributed by atoms with Crippen molar-refractivity contribution >= 4 is 11.6 Å². The average molecular weight is 222 g/mol. The molecule has 1 fully saturated rings. The number of rotatable bonds is 2. The van der Waals surface area contributed by atoms with Gasteiger partial charge in [0.2, 0.25) is 5.91 Å². The summed E-state index contributed by atoms with van der Waals surface area (Å²) in [6.07, 6.45) is 7.52. The molecule has 4 nitrogen and oxygen atoms in total. The summed E-state index contributed by atoms with van der Waals surface area (Å²) in [5.74, 6) is 0.805. The van der Waals surface area contributed by atoms with Crippen molar-refractivity contribution in [2.45, 2.75) is 52.0 Å². The van der Waals surface area contributed by atoms with E-state index in [9.17, 15) is 4.79 Å². The van der Waals surface area contributed by atoms with Gasteiger partial charge in [0.05, 0.1) is 6.20 Å². The van der Waals surface area contributed by atoms with E-state index in [-0.39, 0.29) is 5.91 Å². The van der Waals surface area contributed by atoms with Crippen LogP contribution in [0.25, 0.3) is 0 Å². The van der Waals surface area contributed by atoms with E-state index in [2.05, 4.69) is 5.16 Å². The van der Waals surface area contributed by atoms with E-state index in [1.54, 1.807) is 13.1 Å². The third-order valence-electron chi connectivity index (χ3n) is 3.26. The highest BCUT2D eigenvalue weighted by Crippen LogP contribution is 2.29. The largest absolute Gasteiger partial charge is 0.359 e. The Morgan fingerprint density at radius 1 is 1.44 bits per heavy atom. The lowest BCUT2D eigenvalue weighted by atomic mass is 9.94. The number of aromatic nitrogens is 1. The Labute approximate surface area is 95.6 Å². The van der Waals surface area contributed by atoms with Crippen LogP contribution in [0.3, 0.4) is 0 Å². The van der Waals surface area contributed by atoms with Gasteiger partial charge in [-0.05, 0) is 19.8 Å². The van der Waals surface area contributed by atoms with Crippen molar-refractivity contribution in [3.8, 4) is 0 Å². The van der Waals surface area contributed by atoms with Gasteiger partial charge in [0.25, 0.3) is 0 Å². The van der Waals surface area contributed by atoms with Crippen molar-refractivity contribution in [1.29, 1.82) is 0 Å². The molecule has 0 aliphatic heterocycles. The summed E-state index contributed by atoms with van der Waals surface area (Å²) < 4.78 is 5.04. The summed E-state index contributed by atoms with van der Waals surface area (Å²) in [5.41, 5.74) is 0.833. The molecule has 16 heavy (non-hydrogen) atoms. The van der Waals surface area contributed by atoms with E-state index in [1.165, 1.54) is 19.3 Å². The molecule has 0 N–H and O–H groups in total. The zero-order chi connectivity index (χ0) is 11.5. The molecule has 0 aromatic carbocycles. The molecule has 0 radical (unpaired) electrons. The highest BCUT2D eigenvalue weighted by atomic mass is 16.5. The first-order valence-corrected chi connectivity index (χ1v) is 5.91. The topological polar surface area (TPSA) is 46.3 Å². The Kier molecular flexibility index (Phi) is 3.27. The normalized spacial score (nSPS) is 17.4. The number of amides is 1. The fourth-order valence-electron chi connectivity index (χ4n) is 2.49. The van der Waals surface area contributed by atoms with E-state index < -0.39 is 0 Å². The predicted molar refractivity (Wildman–Crippen MR) is 61.3 cm³/mol. The first-order valence-electron chi connectivity index (χ1n) is 5.91. The Morgan fingerprint density at radius 2 is 2.12 bits per heavy atom. The lowest BCUT2D eigenvalue weighted by Gasteiger charge is -2.32. The molecule has 1 aromatic rings. The molecule has 0 bridgehead atoms. The monoisotopic (exact) mass is 222 g/mol. The number of carbonyl (C=O) groups excluding carboxylic acids is 1. The standard InChI is InChI=1S/C12H18N2O2/c1-9-12(8-13-16-9)14(10(2)15)11-6-4-3-5-7-11/h8,11H,3-7H2,1-2H3. The van der Waals surface area contributed by atoms with E-state index in [0.717, 1.165) is 24.3 Å². The molecule has 1 heterocycles. The van der Waals surface area contributed by atoms with Crippen molar-refractivity contribution in [3.63, 3.8) is 0 Å². The van der Waals surface area contributed by atoms with Gasteiger partial charge in [0.1, 0.15) is 5.69 Å². The number of hydrogen-bond donors (Lipinski definition) is 0. The minimum Gasteiger partial charge on any atom is -0.359 e. The fourth-order valence-corrected chi connectivity index (χ4v) is 2.49. The zero-order valence-electron chi connectivity index (χ0n) is 9.90. The number of hydrogen-bond acceptors (Lipinski definition) is 3. The van der Waals surface area contributed by atoms with Crippen LogP contribution >= 0.6 is 0 Å². The van der Waals surface area contributed by atoms with Crippen LogP contribution < -0.4 is 4.90 Å². The molecular formula is C12H18N2O2. The molecule has 88 valence electrons. The first kappa shape index (κ1) is 11.2. The third-order valence-corrected chi connectivity index (χ3v) is 3.26. The summed E-state index contributed by atoms with van der Waals surface area (Å²) in [5, 5.41) is 3.75. The van der Waals surface area contributed by atoms with Gasteiger partial charge < -0.3 is 9.42 Å². The van der Waals surface area contributed by atoms with E-state index in [1.807, 2.05) is 11.8 Å². The second kappa shape index (κ2) is 4.68. The summed E-state index contributed by atoms with van der Waals surface area (Å²) in [7, 11) is 0. The molecule has 1 aliphatic rings. The number of anilines is 1. The zero-order valence-corrected chi connectivity index (χ0v) is 9.90. The van der Waals surface area contributed by atoms with Crippen molar-refractivity contribution in [2.24, 2.45) is 0 Å². The van der Waals surface area contributed by atoms with Gasteiger partial charge in [-0.3, -0.25) is 4.79 Å². The van der Waals surface area contributed by atoms with Gasteiger partial charge in [0.15, 0.2) is 5.76 Å². The quantitative estimate of drug-likeness (QED) is 0.772. The Balaban J connectivity index is 2.23. The lowest BCUT2D eigenvalue weighted by molar-refractivity contribution is -0.117. The molecular weight excluding hydrogens is 204 g/mol. The first-order chi connectivity index (χ1) is 7.70. The Bertz CT molecular complexity index is 367. The van der Waals surface area contributed by atoms with Gasteiger partial charge in [-0.1, -0.05) is 24.4 Å². The highest BCUT2D eigenvalue weighted by Gasteiger charge is 2.27. The lowest BCUT2D eigenvalue weighted by Crippen LogP contribution is -2.40. The van der Waals surface area contributed by atoms with E-state index >= 15 is 0 Å². The van der Waals surface area contributed by atoms with Crippen LogP contribution in [0.4, 0.5) is 5.69 Å². The molecule has 1 amide bonds. The van der Waals surface area contributed by atoms with Gasteiger partial charge in [0, 0.05) is 13.0 Å². The fraction of sp³-hybridized carbons (Fsp3) is 0.667. The third kappa shape index (κ3) is 2.10. The second-order valence-electron chi connectivity index (χ2n) is 4.45. The molecule has 1 saturated carbocycles. The summed E-state index contributed by atoms with van der Waals surface area (Å²) in [6.45, 7) is 3.46. The molecule has 0 unspecified atom stereocenters. The van der Waals surface area contributed by atoms with Gasteiger partial charge in [-0.15, -0.1) is 0 Å². The second-order valence-corrected chi connectivity index (χ2v) is 4.45. The summed E-state index contributed by atoms with van der Waals surface area (Å²) in [4.78, 5) is 13.6. The molecule has 4 heteroatoms. The maximum Gasteiger partial charge on any atom is 0.224 e. The molecule has 1 aliphatic carbocycles. The van der Waals surface area contributed by atoms with Crippen molar-refractivity contribution in [3.05, 3.63) is 12.0 Å². The Morgan fingerprint density at radius 3 is 2.62 bits per heavy atom. The molecule has 0 saturated heterocycles. The minimum atomic E-state index is 0.0817. The summed E-state index contributed by atoms with van der Waals surface area (Å²) >= 11 is 0. The van der Waals surface area contributed by atoms with Crippen LogP contribution in [0.2, 0.25) is 0 Å². The maximum absolute atomic E-state index is 11.8. The average Bonchev–Trinajstić information content (AvgIpc) is 2.66. The predicted octanol–water partition coefficient (Wildman–Crippen LogP) is 2.67. The van der Waals surface area contributed by atoms with Crippen LogP contribution in [0, 0.1) is 6.92 Å². The maximum atomic E-state index is 11.8. The van der Waals surface area contributed by atoms with Crippen LogP contribution in [0.15, 0.2) is 10.7 Å². The van der Waals surface area contributed by atoms with E-state index in [0.29, 0.717) is 6.04 Å². The molecule has 1 aromatic heterocycles. The van der Waals surface area contributed by atoms with Crippen LogP contribution in [0.1, 0.15) is 44.8 Å². The van der Waals surface area contributed by atoms with Gasteiger partial charge in [-0.25, -0.2) is 0 Å². The Hall–Kier alpha value is -1.32. The molecule has 0 spiro atoms. The number of nitrogens with zero attached hydrogens (tertiary/aromatic N) is 2. The SMILES string of the molecule is CC(=O)N(c1cnoc1C)C1CCCCC1. The minimum absolute atomic E-state index is 0.0817. The van der Waals surface area contributed by atoms with Crippen molar-refractivity contribution in [1.82, 2.24) is 5.16 Å². The van der Waals surface area contributed by atoms with Crippen LogP contribution in [0.5, 0.6) is 0 Å². The molecule has 2 rings (SSSR count).